The second-order valence-electron chi connectivity index (χ2n) is 3.26. The van der Waals surface area contributed by atoms with Crippen LogP contribution in [-0.2, 0) is 4.79 Å². The molecular weight excluding hydrogens is 234 g/mol. The smallest absolute Gasteiger partial charge is 0.325 e. The van der Waals surface area contributed by atoms with E-state index in [0.29, 0.717) is 0 Å². The second-order valence-corrected chi connectivity index (χ2v) is 3.26. The van der Waals surface area contributed by atoms with Gasteiger partial charge in [0.15, 0.2) is 0 Å². The van der Waals surface area contributed by atoms with E-state index in [1.54, 1.807) is 0 Å². The molecular formula is C10H10F2N2O3. The van der Waals surface area contributed by atoms with Crippen LogP contribution in [0.4, 0.5) is 19.3 Å². The highest BCUT2D eigenvalue weighted by Crippen LogP contribution is 2.17. The number of carbonyl (C=O) groups is 2. The van der Waals surface area contributed by atoms with Crippen molar-refractivity contribution in [3.63, 3.8) is 0 Å². The van der Waals surface area contributed by atoms with Gasteiger partial charge in [-0.3, -0.25) is 4.79 Å². The SMILES string of the molecule is CC(NC(=O)Nc1c(F)cccc1F)C(=O)O. The van der Waals surface area contributed by atoms with Crippen LogP contribution in [0.5, 0.6) is 0 Å². The van der Waals surface area contributed by atoms with Gasteiger partial charge in [0, 0.05) is 0 Å². The third-order valence-corrected chi connectivity index (χ3v) is 1.92. The lowest BCUT2D eigenvalue weighted by Crippen LogP contribution is -2.41. The molecule has 0 aliphatic heterocycles. The van der Waals surface area contributed by atoms with Crippen LogP contribution in [0.3, 0.4) is 0 Å². The van der Waals surface area contributed by atoms with Crippen molar-refractivity contribution in [2.24, 2.45) is 0 Å². The average Bonchev–Trinajstić information content (AvgIpc) is 2.23. The van der Waals surface area contributed by atoms with Gasteiger partial charge < -0.3 is 15.7 Å². The summed E-state index contributed by atoms with van der Waals surface area (Å²) >= 11 is 0. The first kappa shape index (κ1) is 12.9. The Kier molecular flexibility index (Phi) is 3.97. The van der Waals surface area contributed by atoms with Crippen LogP contribution >= 0.6 is 0 Å². The van der Waals surface area contributed by atoms with Gasteiger partial charge in [-0.2, -0.15) is 0 Å². The number of urea groups is 1. The predicted molar refractivity (Wildman–Crippen MR) is 55.6 cm³/mol. The fourth-order valence-electron chi connectivity index (χ4n) is 1.03. The van der Waals surface area contributed by atoms with Crippen molar-refractivity contribution in [3.8, 4) is 0 Å². The van der Waals surface area contributed by atoms with Gasteiger partial charge in [-0.15, -0.1) is 0 Å². The third-order valence-electron chi connectivity index (χ3n) is 1.92. The maximum atomic E-state index is 13.1. The summed E-state index contributed by atoms with van der Waals surface area (Å²) in [6, 6.07) is 0.931. The monoisotopic (exact) mass is 244 g/mol. The molecule has 3 N–H and O–H groups in total. The second kappa shape index (κ2) is 5.24. The number of nitrogens with one attached hydrogen (secondary N) is 2. The van der Waals surface area contributed by atoms with Crippen LogP contribution in [0.25, 0.3) is 0 Å². The summed E-state index contributed by atoms with van der Waals surface area (Å²) in [6.45, 7) is 1.22. The number of halogens is 2. The molecule has 1 unspecified atom stereocenters. The van der Waals surface area contributed by atoms with Crippen LogP contribution < -0.4 is 10.6 Å². The van der Waals surface area contributed by atoms with Crippen LogP contribution in [0.1, 0.15) is 6.92 Å². The number of rotatable bonds is 3. The summed E-state index contributed by atoms with van der Waals surface area (Å²) < 4.78 is 26.2. The van der Waals surface area contributed by atoms with Crippen molar-refractivity contribution < 1.29 is 23.5 Å². The summed E-state index contributed by atoms with van der Waals surface area (Å²) in [7, 11) is 0. The van der Waals surface area contributed by atoms with E-state index < -0.39 is 35.4 Å². The van der Waals surface area contributed by atoms with E-state index in [1.807, 2.05) is 10.6 Å². The molecule has 0 spiro atoms. The third kappa shape index (κ3) is 3.40. The quantitative estimate of drug-likeness (QED) is 0.755. The Morgan fingerprint density at radius 3 is 2.29 bits per heavy atom. The zero-order chi connectivity index (χ0) is 13.0. The minimum Gasteiger partial charge on any atom is -0.480 e. The average molecular weight is 244 g/mol. The van der Waals surface area contributed by atoms with E-state index in [1.165, 1.54) is 6.92 Å². The molecule has 1 rings (SSSR count). The first-order valence-corrected chi connectivity index (χ1v) is 4.66. The molecule has 1 atom stereocenters. The van der Waals surface area contributed by atoms with Crippen molar-refractivity contribution >= 4 is 17.7 Å². The number of benzene rings is 1. The number of para-hydroxylation sites is 1. The van der Waals surface area contributed by atoms with Gasteiger partial charge in [0.25, 0.3) is 0 Å². The van der Waals surface area contributed by atoms with Crippen molar-refractivity contribution in [3.05, 3.63) is 29.8 Å². The van der Waals surface area contributed by atoms with Gasteiger partial charge in [-0.05, 0) is 19.1 Å². The predicted octanol–water partition coefficient (Wildman–Crippen LogP) is 1.56. The van der Waals surface area contributed by atoms with Crippen molar-refractivity contribution in [1.82, 2.24) is 5.32 Å². The highest BCUT2D eigenvalue weighted by Gasteiger charge is 2.16. The van der Waals surface area contributed by atoms with Crippen LogP contribution in [0, 0.1) is 11.6 Å². The molecule has 0 aliphatic carbocycles. The van der Waals surface area contributed by atoms with E-state index in [-0.39, 0.29) is 0 Å². The lowest BCUT2D eigenvalue weighted by Gasteiger charge is -2.11. The molecule has 0 heterocycles. The van der Waals surface area contributed by atoms with E-state index in [9.17, 15) is 18.4 Å². The maximum absolute atomic E-state index is 13.1. The Hall–Kier alpha value is -2.18. The minimum absolute atomic E-state index is 0.623. The molecule has 0 aliphatic rings. The molecule has 0 fully saturated rings. The molecule has 1 aromatic rings. The summed E-state index contributed by atoms with van der Waals surface area (Å²) in [4.78, 5) is 21.6. The molecule has 0 saturated carbocycles. The Labute approximate surface area is 95.4 Å². The van der Waals surface area contributed by atoms with Gasteiger partial charge in [-0.25, -0.2) is 13.6 Å². The molecule has 0 radical (unpaired) electrons. The first-order chi connectivity index (χ1) is 7.91. The molecule has 0 aromatic heterocycles. The normalized spacial score (nSPS) is 11.7. The van der Waals surface area contributed by atoms with Crippen LogP contribution in [0.15, 0.2) is 18.2 Å². The van der Waals surface area contributed by atoms with E-state index in [0.717, 1.165) is 18.2 Å². The van der Waals surface area contributed by atoms with Gasteiger partial charge in [-0.1, -0.05) is 6.07 Å². The van der Waals surface area contributed by atoms with Gasteiger partial charge in [0.2, 0.25) is 0 Å². The number of anilines is 1. The fourth-order valence-corrected chi connectivity index (χ4v) is 1.03. The zero-order valence-electron chi connectivity index (χ0n) is 8.83. The van der Waals surface area contributed by atoms with Crippen LogP contribution in [0.2, 0.25) is 0 Å². The number of hydrogen-bond donors (Lipinski definition) is 3. The minimum atomic E-state index is -1.26. The zero-order valence-corrected chi connectivity index (χ0v) is 8.83. The number of carbonyl (C=O) groups excluding carboxylic acids is 1. The molecule has 92 valence electrons. The van der Waals surface area contributed by atoms with Crippen molar-refractivity contribution in [1.29, 1.82) is 0 Å². The van der Waals surface area contributed by atoms with Crippen molar-refractivity contribution in [2.75, 3.05) is 5.32 Å². The molecule has 7 heteroatoms. The lowest BCUT2D eigenvalue weighted by molar-refractivity contribution is -0.138. The molecule has 17 heavy (non-hydrogen) atoms. The molecule has 0 bridgehead atoms. The highest BCUT2D eigenvalue weighted by atomic mass is 19.1. The number of aliphatic carboxylic acids is 1. The standard InChI is InChI=1S/C10H10F2N2O3/c1-5(9(15)16)13-10(17)14-8-6(11)3-2-4-7(8)12/h2-5H,1H3,(H,15,16)(H2,13,14,17). The summed E-state index contributed by atoms with van der Waals surface area (Å²) in [6.07, 6.45) is 0. The number of hydrogen-bond acceptors (Lipinski definition) is 2. The topological polar surface area (TPSA) is 78.4 Å². The van der Waals surface area contributed by atoms with Crippen LogP contribution in [-0.4, -0.2) is 23.1 Å². The molecule has 0 saturated heterocycles. The summed E-state index contributed by atoms with van der Waals surface area (Å²) in [5.74, 6) is -3.14. The van der Waals surface area contributed by atoms with Crippen molar-refractivity contribution in [2.45, 2.75) is 13.0 Å². The van der Waals surface area contributed by atoms with E-state index >= 15 is 0 Å². The fraction of sp³-hybridized carbons (Fsp3) is 0.200. The number of carboxylic acid groups (broad SMARTS) is 1. The lowest BCUT2D eigenvalue weighted by atomic mass is 10.3. The summed E-state index contributed by atoms with van der Waals surface area (Å²) in [5.41, 5.74) is -0.623. The number of carboxylic acids is 1. The largest absolute Gasteiger partial charge is 0.480 e. The molecule has 2 amide bonds. The Morgan fingerprint density at radius 2 is 1.82 bits per heavy atom. The van der Waals surface area contributed by atoms with Gasteiger partial charge in [0.1, 0.15) is 23.4 Å². The van der Waals surface area contributed by atoms with E-state index in [4.69, 9.17) is 5.11 Å². The Morgan fingerprint density at radius 1 is 1.29 bits per heavy atom. The van der Waals surface area contributed by atoms with E-state index in [2.05, 4.69) is 0 Å². The van der Waals surface area contributed by atoms with Gasteiger partial charge >= 0.3 is 12.0 Å². The Bertz CT molecular complexity index is 431. The highest BCUT2D eigenvalue weighted by molar-refractivity contribution is 5.92. The molecule has 1 aromatic carbocycles. The number of amides is 2. The Balaban J connectivity index is 2.72. The molecule has 5 nitrogen and oxygen atoms in total. The maximum Gasteiger partial charge on any atom is 0.325 e. The first-order valence-electron chi connectivity index (χ1n) is 4.66. The summed E-state index contributed by atoms with van der Waals surface area (Å²) in [5, 5.41) is 12.4. The van der Waals surface area contributed by atoms with Gasteiger partial charge in [0.05, 0.1) is 0 Å².